The third-order valence-corrected chi connectivity index (χ3v) is 7.46. The second kappa shape index (κ2) is 8.42. The van der Waals surface area contributed by atoms with Gasteiger partial charge in [-0.3, -0.25) is 0 Å². The highest BCUT2D eigenvalue weighted by molar-refractivity contribution is 6.10. The molecule has 0 saturated carbocycles. The van der Waals surface area contributed by atoms with Crippen LogP contribution in [0.3, 0.4) is 0 Å². The average molecular weight is 467 g/mol. The lowest BCUT2D eigenvalue weighted by Crippen LogP contribution is -2.16. The van der Waals surface area contributed by atoms with Gasteiger partial charge in [0.2, 0.25) is 0 Å². The van der Waals surface area contributed by atoms with Crippen LogP contribution in [0.25, 0.3) is 33.1 Å². The fraction of sp³-hybridized carbons (Fsp3) is 0.118. The third-order valence-electron chi connectivity index (χ3n) is 7.46. The van der Waals surface area contributed by atoms with Gasteiger partial charge in [0, 0.05) is 33.2 Å². The Bertz CT molecular complexity index is 1690. The fourth-order valence-corrected chi connectivity index (χ4v) is 5.78. The number of nitrogens with zero attached hydrogens (tertiary/aromatic N) is 1. The highest BCUT2D eigenvalue weighted by Crippen LogP contribution is 2.48. The van der Waals surface area contributed by atoms with Crippen LogP contribution in [0.2, 0.25) is 0 Å². The molecule has 0 amide bonds. The molecule has 6 rings (SSSR count). The van der Waals surface area contributed by atoms with Crippen LogP contribution in [0.1, 0.15) is 31.9 Å². The Labute approximate surface area is 212 Å². The Hall–Kier alpha value is -4.30. The summed E-state index contributed by atoms with van der Waals surface area (Å²) < 4.78 is 2.35. The molecule has 0 unspecified atom stereocenters. The summed E-state index contributed by atoms with van der Waals surface area (Å²) in [5, 5.41) is 6.21. The Kier molecular flexibility index (Phi) is 5.19. The summed E-state index contributed by atoms with van der Waals surface area (Å²) in [5.41, 5.74) is 10.8. The van der Waals surface area contributed by atoms with E-state index in [2.05, 4.69) is 140 Å². The first-order valence-electron chi connectivity index (χ1n) is 12.5. The van der Waals surface area contributed by atoms with Gasteiger partial charge in [0.15, 0.2) is 0 Å². The molecule has 4 aromatic carbocycles. The molecule has 36 heavy (non-hydrogen) atoms. The second-order valence-corrected chi connectivity index (χ2v) is 9.96. The van der Waals surface area contributed by atoms with E-state index in [1.807, 2.05) is 6.08 Å². The predicted molar refractivity (Wildman–Crippen MR) is 155 cm³/mol. The van der Waals surface area contributed by atoms with Crippen LogP contribution in [0, 0.1) is 0 Å². The molecule has 1 N–H and O–H groups in total. The molecule has 0 radical (unpaired) electrons. The first-order valence-corrected chi connectivity index (χ1v) is 12.5. The van der Waals surface area contributed by atoms with Crippen molar-refractivity contribution in [2.45, 2.75) is 26.2 Å². The van der Waals surface area contributed by atoms with Crippen molar-refractivity contribution < 1.29 is 0 Å². The maximum atomic E-state index is 4.11. The van der Waals surface area contributed by atoms with Crippen LogP contribution >= 0.6 is 0 Å². The second-order valence-electron chi connectivity index (χ2n) is 9.96. The van der Waals surface area contributed by atoms with Gasteiger partial charge in [0.1, 0.15) is 0 Å². The van der Waals surface area contributed by atoms with Crippen LogP contribution in [-0.4, -0.2) is 4.57 Å². The molecule has 2 nitrogen and oxygen atoms in total. The van der Waals surface area contributed by atoms with Crippen molar-refractivity contribution in [3.8, 4) is 5.69 Å². The molecule has 2 heteroatoms. The van der Waals surface area contributed by atoms with Gasteiger partial charge in [-0.1, -0.05) is 87.2 Å². The summed E-state index contributed by atoms with van der Waals surface area (Å²) in [7, 11) is 0. The van der Waals surface area contributed by atoms with E-state index >= 15 is 0 Å². The average Bonchev–Trinajstić information content (AvgIpc) is 3.33. The lowest BCUT2D eigenvalue weighted by atomic mass is 9.81. The van der Waals surface area contributed by atoms with Gasteiger partial charge in [-0.25, -0.2) is 0 Å². The summed E-state index contributed by atoms with van der Waals surface area (Å²) in [6, 6.07) is 32.6. The third kappa shape index (κ3) is 3.33. The number of benzene rings is 4. The Morgan fingerprint density at radius 1 is 0.778 bits per heavy atom. The zero-order valence-electron chi connectivity index (χ0n) is 21.0. The van der Waals surface area contributed by atoms with Crippen LogP contribution in [0.5, 0.6) is 0 Å². The highest BCUT2D eigenvalue weighted by atomic mass is 15.0. The molecule has 0 spiro atoms. The summed E-state index contributed by atoms with van der Waals surface area (Å²) in [4.78, 5) is 0. The topological polar surface area (TPSA) is 17.0 Å². The first kappa shape index (κ1) is 22.2. The molecule has 1 aromatic heterocycles. The number of hydrogen-bond acceptors (Lipinski definition) is 1. The van der Waals surface area contributed by atoms with E-state index in [1.54, 1.807) is 0 Å². The van der Waals surface area contributed by atoms with E-state index in [0.29, 0.717) is 0 Å². The normalized spacial score (nSPS) is 14.6. The Morgan fingerprint density at radius 2 is 1.47 bits per heavy atom. The van der Waals surface area contributed by atoms with E-state index in [0.717, 1.165) is 11.4 Å². The zero-order valence-corrected chi connectivity index (χ0v) is 21.0. The number of fused-ring (bicyclic) bond motifs is 4. The van der Waals surface area contributed by atoms with Gasteiger partial charge in [-0.15, -0.1) is 0 Å². The van der Waals surface area contributed by atoms with Gasteiger partial charge < -0.3 is 9.88 Å². The van der Waals surface area contributed by atoms with Crippen LogP contribution in [0.4, 0.5) is 11.4 Å². The van der Waals surface area contributed by atoms with Gasteiger partial charge in [0.05, 0.1) is 11.0 Å². The largest absolute Gasteiger partial charge is 0.355 e. The van der Waals surface area contributed by atoms with E-state index in [9.17, 15) is 0 Å². The van der Waals surface area contributed by atoms with Crippen molar-refractivity contribution in [2.75, 3.05) is 5.32 Å². The van der Waals surface area contributed by atoms with Crippen molar-refractivity contribution in [3.63, 3.8) is 0 Å². The van der Waals surface area contributed by atoms with E-state index < -0.39 is 0 Å². The minimum Gasteiger partial charge on any atom is -0.355 e. The smallest absolute Gasteiger partial charge is 0.0561 e. The summed E-state index contributed by atoms with van der Waals surface area (Å²) in [6.45, 7) is 10.8. The Morgan fingerprint density at radius 3 is 2.25 bits per heavy atom. The molecule has 5 aromatic rings. The van der Waals surface area contributed by atoms with E-state index in [1.165, 1.54) is 49.8 Å². The monoisotopic (exact) mass is 466 g/mol. The highest BCUT2D eigenvalue weighted by Gasteiger charge is 2.35. The molecule has 0 saturated heterocycles. The number of rotatable bonds is 5. The summed E-state index contributed by atoms with van der Waals surface area (Å²) in [6.07, 6.45) is 6.32. The lowest BCUT2D eigenvalue weighted by Gasteiger charge is -2.23. The van der Waals surface area contributed by atoms with Gasteiger partial charge >= 0.3 is 0 Å². The SMILES string of the molecule is C=CC1=C(/C=C\C)c2ccc(Nc3ccc4c5ccccc5n(-c5ccccc5)c4c3)cc2C1(C)C. The minimum absolute atomic E-state index is 0.0900. The quantitative estimate of drug-likeness (QED) is 0.273. The fourth-order valence-electron chi connectivity index (χ4n) is 5.78. The molecule has 0 aliphatic heterocycles. The van der Waals surface area contributed by atoms with Gasteiger partial charge in [-0.05, 0) is 71.7 Å². The van der Waals surface area contributed by atoms with Crippen molar-refractivity contribution in [1.82, 2.24) is 4.57 Å². The van der Waals surface area contributed by atoms with Crippen molar-refractivity contribution >= 4 is 38.8 Å². The number of aromatic nitrogens is 1. The van der Waals surface area contributed by atoms with Crippen molar-refractivity contribution in [2.24, 2.45) is 0 Å². The van der Waals surface area contributed by atoms with Crippen LogP contribution in [0.15, 0.2) is 121 Å². The molecule has 0 bridgehead atoms. The number of anilines is 2. The Balaban J connectivity index is 1.45. The van der Waals surface area contributed by atoms with Crippen molar-refractivity contribution in [1.29, 1.82) is 0 Å². The number of allylic oxidation sites excluding steroid dienone is 5. The molecule has 176 valence electrons. The van der Waals surface area contributed by atoms with Gasteiger partial charge in [0.25, 0.3) is 0 Å². The van der Waals surface area contributed by atoms with E-state index in [4.69, 9.17) is 0 Å². The lowest BCUT2D eigenvalue weighted by molar-refractivity contribution is 0.655. The number of hydrogen-bond donors (Lipinski definition) is 1. The maximum Gasteiger partial charge on any atom is 0.0561 e. The first-order chi connectivity index (χ1) is 17.5. The molecule has 0 atom stereocenters. The van der Waals surface area contributed by atoms with E-state index in [-0.39, 0.29) is 5.41 Å². The summed E-state index contributed by atoms with van der Waals surface area (Å²) in [5.74, 6) is 0. The van der Waals surface area contributed by atoms with Crippen LogP contribution in [-0.2, 0) is 5.41 Å². The molecule has 1 aliphatic rings. The van der Waals surface area contributed by atoms with Crippen LogP contribution < -0.4 is 5.32 Å². The minimum atomic E-state index is -0.0900. The standard InChI is InChI=1S/C34H30N2/c1-5-12-26-27-19-17-23(21-31(27)34(3,4)30(26)6-2)35-24-18-20-29-28-15-10-11-16-32(28)36(33(29)22-24)25-13-8-7-9-14-25/h5-22,35H,2H2,1,3-4H3/b12-5-. The molecule has 0 fully saturated rings. The molecular weight excluding hydrogens is 436 g/mol. The maximum absolute atomic E-state index is 4.11. The van der Waals surface area contributed by atoms with Crippen molar-refractivity contribution in [3.05, 3.63) is 133 Å². The predicted octanol–water partition coefficient (Wildman–Crippen LogP) is 9.33. The molecule has 1 aliphatic carbocycles. The van der Waals surface area contributed by atoms with Gasteiger partial charge in [-0.2, -0.15) is 0 Å². The summed E-state index contributed by atoms with van der Waals surface area (Å²) >= 11 is 0. The number of para-hydroxylation sites is 2. The number of nitrogens with one attached hydrogen (secondary N) is 1. The molecular formula is C34H30N2. The molecule has 1 heterocycles. The zero-order chi connectivity index (χ0) is 24.9.